The minimum atomic E-state index is -0.417. The number of anilines is 1. The van der Waals surface area contributed by atoms with Crippen molar-refractivity contribution < 1.29 is 13.9 Å². The third kappa shape index (κ3) is 3.76. The van der Waals surface area contributed by atoms with Crippen molar-refractivity contribution in [2.45, 2.75) is 44.6 Å². The van der Waals surface area contributed by atoms with E-state index in [0.717, 1.165) is 39.0 Å². The van der Waals surface area contributed by atoms with E-state index < -0.39 is 5.82 Å². The Morgan fingerprint density at radius 1 is 1.28 bits per heavy atom. The Kier molecular flexibility index (Phi) is 4.58. The van der Waals surface area contributed by atoms with Gasteiger partial charge in [0.2, 0.25) is 11.9 Å². The normalized spacial score (nSPS) is 25.8. The molecule has 3 fully saturated rings. The summed E-state index contributed by atoms with van der Waals surface area (Å²) in [5.74, 6) is 0.928. The highest BCUT2D eigenvalue weighted by atomic mass is 19.1. The molecule has 4 rings (SSSR count). The van der Waals surface area contributed by atoms with Gasteiger partial charge in [-0.25, -0.2) is 14.4 Å². The molecule has 0 aromatic carbocycles. The van der Waals surface area contributed by atoms with Gasteiger partial charge >= 0.3 is 0 Å². The van der Waals surface area contributed by atoms with E-state index >= 15 is 0 Å². The molecule has 0 radical (unpaired) electrons. The molecule has 2 saturated heterocycles. The summed E-state index contributed by atoms with van der Waals surface area (Å²) in [5.41, 5.74) is 0.0913. The van der Waals surface area contributed by atoms with Crippen LogP contribution in [0.4, 0.5) is 10.3 Å². The first kappa shape index (κ1) is 16.7. The van der Waals surface area contributed by atoms with E-state index in [1.165, 1.54) is 25.2 Å². The van der Waals surface area contributed by atoms with Crippen molar-refractivity contribution >= 4 is 11.9 Å². The van der Waals surface area contributed by atoms with Crippen molar-refractivity contribution in [1.82, 2.24) is 15.3 Å². The minimum Gasteiger partial charge on any atom is -0.379 e. The number of hydrogen-bond donors (Lipinski definition) is 1. The maximum Gasteiger partial charge on any atom is 0.225 e. The van der Waals surface area contributed by atoms with Crippen LogP contribution in [-0.4, -0.2) is 48.2 Å². The first-order valence-electron chi connectivity index (χ1n) is 9.24. The Balaban J connectivity index is 1.39. The lowest BCUT2D eigenvalue weighted by Gasteiger charge is -2.49. The summed E-state index contributed by atoms with van der Waals surface area (Å²) in [4.78, 5) is 22.5. The van der Waals surface area contributed by atoms with Crippen LogP contribution in [0.1, 0.15) is 38.5 Å². The molecule has 7 heteroatoms. The quantitative estimate of drug-likeness (QED) is 0.900. The van der Waals surface area contributed by atoms with Crippen LogP contribution in [-0.2, 0) is 9.53 Å². The van der Waals surface area contributed by atoms with E-state index in [1.807, 2.05) is 0 Å². The zero-order chi connectivity index (χ0) is 17.3. The second kappa shape index (κ2) is 6.86. The summed E-state index contributed by atoms with van der Waals surface area (Å²) < 4.78 is 18.7. The first-order valence-corrected chi connectivity index (χ1v) is 9.24. The molecule has 0 unspecified atom stereocenters. The standard InChI is InChI=1S/C18H25FN4O2/c19-14-10-20-17(21-11-14)23-6-3-18(4-7-23)5-8-25-12-15(18)22-16(24)9-13-1-2-13/h10-11,13,15H,1-9,12H2,(H,22,24)/t15-/m0/s1. The van der Waals surface area contributed by atoms with E-state index in [-0.39, 0.29) is 17.4 Å². The molecule has 1 amide bonds. The molecule has 25 heavy (non-hydrogen) atoms. The molecule has 6 nitrogen and oxygen atoms in total. The molecule has 1 aromatic rings. The van der Waals surface area contributed by atoms with Crippen LogP contribution in [0, 0.1) is 17.2 Å². The fourth-order valence-electron chi connectivity index (χ4n) is 4.08. The van der Waals surface area contributed by atoms with E-state index in [1.54, 1.807) is 0 Å². The second-order valence-corrected chi connectivity index (χ2v) is 7.64. The number of nitrogens with one attached hydrogen (secondary N) is 1. The van der Waals surface area contributed by atoms with Gasteiger partial charge in [0.15, 0.2) is 5.82 Å². The lowest BCUT2D eigenvalue weighted by Crippen LogP contribution is -2.57. The van der Waals surface area contributed by atoms with Crippen molar-refractivity contribution in [2.24, 2.45) is 11.3 Å². The molecule has 0 bridgehead atoms. The van der Waals surface area contributed by atoms with Gasteiger partial charge < -0.3 is 15.0 Å². The zero-order valence-electron chi connectivity index (χ0n) is 14.4. The monoisotopic (exact) mass is 348 g/mol. The molecular weight excluding hydrogens is 323 g/mol. The molecule has 1 aromatic heterocycles. The molecule has 3 aliphatic rings. The molecule has 1 spiro atoms. The molecule has 2 aliphatic heterocycles. The van der Waals surface area contributed by atoms with E-state index in [2.05, 4.69) is 20.2 Å². The number of amides is 1. The van der Waals surface area contributed by atoms with E-state index in [9.17, 15) is 9.18 Å². The predicted molar refractivity (Wildman–Crippen MR) is 90.6 cm³/mol. The summed E-state index contributed by atoms with van der Waals surface area (Å²) in [6.45, 7) is 2.99. The summed E-state index contributed by atoms with van der Waals surface area (Å²) in [7, 11) is 0. The number of carbonyl (C=O) groups excluding carboxylic acids is 1. The van der Waals surface area contributed by atoms with Crippen molar-refractivity contribution in [3.05, 3.63) is 18.2 Å². The van der Waals surface area contributed by atoms with E-state index in [0.29, 0.717) is 24.9 Å². The maximum atomic E-state index is 13.0. The van der Waals surface area contributed by atoms with Crippen LogP contribution in [0.3, 0.4) is 0 Å². The fourth-order valence-corrected chi connectivity index (χ4v) is 4.08. The van der Waals surface area contributed by atoms with Gasteiger partial charge in [0, 0.05) is 26.1 Å². The molecule has 3 heterocycles. The molecular formula is C18H25FN4O2. The summed E-state index contributed by atoms with van der Waals surface area (Å²) in [6.07, 6.45) is 8.35. The van der Waals surface area contributed by atoms with Crippen molar-refractivity contribution in [1.29, 1.82) is 0 Å². The Morgan fingerprint density at radius 2 is 2.00 bits per heavy atom. The van der Waals surface area contributed by atoms with Crippen molar-refractivity contribution in [3.63, 3.8) is 0 Å². The number of aromatic nitrogens is 2. The smallest absolute Gasteiger partial charge is 0.225 e. The average molecular weight is 348 g/mol. The Bertz CT molecular complexity index is 612. The number of halogens is 1. The molecule has 1 saturated carbocycles. The van der Waals surface area contributed by atoms with Crippen LogP contribution in [0.25, 0.3) is 0 Å². The lowest BCUT2D eigenvalue weighted by molar-refractivity contribution is -0.126. The van der Waals surface area contributed by atoms with Crippen LogP contribution in [0.2, 0.25) is 0 Å². The zero-order valence-corrected chi connectivity index (χ0v) is 14.4. The van der Waals surface area contributed by atoms with Gasteiger partial charge in [0.05, 0.1) is 25.0 Å². The van der Waals surface area contributed by atoms with Gasteiger partial charge in [0.1, 0.15) is 0 Å². The lowest BCUT2D eigenvalue weighted by atomic mass is 9.69. The highest BCUT2D eigenvalue weighted by Gasteiger charge is 2.44. The van der Waals surface area contributed by atoms with Crippen LogP contribution < -0.4 is 10.2 Å². The predicted octanol–water partition coefficient (Wildman–Crippen LogP) is 1.91. The van der Waals surface area contributed by atoms with Crippen molar-refractivity contribution in [3.8, 4) is 0 Å². The van der Waals surface area contributed by atoms with Crippen LogP contribution >= 0.6 is 0 Å². The number of ether oxygens (including phenoxy) is 1. The Hall–Kier alpha value is -1.76. The summed E-state index contributed by atoms with van der Waals surface area (Å²) >= 11 is 0. The van der Waals surface area contributed by atoms with Crippen molar-refractivity contribution in [2.75, 3.05) is 31.2 Å². The van der Waals surface area contributed by atoms with Gasteiger partial charge in [-0.15, -0.1) is 0 Å². The molecule has 1 N–H and O–H groups in total. The van der Waals surface area contributed by atoms with Gasteiger partial charge in [-0.1, -0.05) is 0 Å². The van der Waals surface area contributed by atoms with Crippen LogP contribution in [0.15, 0.2) is 12.4 Å². The summed E-state index contributed by atoms with van der Waals surface area (Å²) in [6, 6.07) is 0.0868. The largest absolute Gasteiger partial charge is 0.379 e. The topological polar surface area (TPSA) is 67.3 Å². The van der Waals surface area contributed by atoms with Crippen LogP contribution in [0.5, 0.6) is 0 Å². The SMILES string of the molecule is O=C(CC1CC1)N[C@H]1COCCC12CCN(c1ncc(F)cn1)CC2. The number of rotatable bonds is 4. The fraction of sp³-hybridized carbons (Fsp3) is 0.722. The third-order valence-electron chi connectivity index (χ3n) is 5.92. The molecule has 136 valence electrons. The van der Waals surface area contributed by atoms with Gasteiger partial charge in [-0.05, 0) is 43.4 Å². The molecule has 1 atom stereocenters. The highest BCUT2D eigenvalue weighted by molar-refractivity contribution is 5.77. The average Bonchev–Trinajstić information content (AvgIpc) is 3.43. The Morgan fingerprint density at radius 3 is 2.68 bits per heavy atom. The summed E-state index contributed by atoms with van der Waals surface area (Å²) in [5, 5.41) is 3.25. The van der Waals surface area contributed by atoms with Gasteiger partial charge in [0.25, 0.3) is 0 Å². The Labute approximate surface area is 147 Å². The first-order chi connectivity index (χ1) is 12.1. The number of hydrogen-bond acceptors (Lipinski definition) is 5. The molecule has 1 aliphatic carbocycles. The minimum absolute atomic E-state index is 0.0868. The third-order valence-corrected chi connectivity index (χ3v) is 5.92. The van der Waals surface area contributed by atoms with E-state index in [4.69, 9.17) is 4.74 Å². The second-order valence-electron chi connectivity index (χ2n) is 7.64. The number of carbonyl (C=O) groups is 1. The number of piperidine rings is 1. The van der Waals surface area contributed by atoms with Gasteiger partial charge in [-0.3, -0.25) is 4.79 Å². The maximum absolute atomic E-state index is 13.0. The number of nitrogens with zero attached hydrogens (tertiary/aromatic N) is 3. The van der Waals surface area contributed by atoms with Gasteiger partial charge in [-0.2, -0.15) is 0 Å². The highest BCUT2D eigenvalue weighted by Crippen LogP contribution is 2.41.